The van der Waals surface area contributed by atoms with Gasteiger partial charge in [0.15, 0.2) is 0 Å². The van der Waals surface area contributed by atoms with Crippen LogP contribution >= 0.6 is 0 Å². The molecular formula is C8H19N3. The minimum atomic E-state index is 0.662. The van der Waals surface area contributed by atoms with E-state index in [0.29, 0.717) is 5.92 Å². The maximum Gasteiger partial charge on any atom is -0.000831 e. The van der Waals surface area contributed by atoms with Crippen LogP contribution in [0, 0.1) is 11.8 Å². The van der Waals surface area contributed by atoms with Crippen molar-refractivity contribution in [1.82, 2.24) is 10.6 Å². The molecule has 1 saturated heterocycles. The molecule has 0 aliphatic carbocycles. The molecule has 0 aromatic heterocycles. The van der Waals surface area contributed by atoms with Crippen molar-refractivity contribution in [3.63, 3.8) is 0 Å². The van der Waals surface area contributed by atoms with Crippen molar-refractivity contribution < 1.29 is 0 Å². The standard InChI is InChI=1S/C8H19N3/c1-10-5-8(4-9)7-2-3-11-6-7/h7-8,10-11H,2-6,9H2,1H3. The Hall–Kier alpha value is -0.120. The largest absolute Gasteiger partial charge is 0.330 e. The molecule has 1 aliphatic rings. The van der Waals surface area contributed by atoms with Crippen LogP contribution in [0.5, 0.6) is 0 Å². The molecule has 2 unspecified atom stereocenters. The summed E-state index contributed by atoms with van der Waals surface area (Å²) in [6, 6.07) is 0. The van der Waals surface area contributed by atoms with Gasteiger partial charge in [0.05, 0.1) is 0 Å². The fourth-order valence-electron chi connectivity index (χ4n) is 1.78. The van der Waals surface area contributed by atoms with Crippen LogP contribution in [0.15, 0.2) is 0 Å². The van der Waals surface area contributed by atoms with Gasteiger partial charge in [0.1, 0.15) is 0 Å². The molecule has 11 heavy (non-hydrogen) atoms. The summed E-state index contributed by atoms with van der Waals surface area (Å²) in [5, 5.41) is 6.55. The van der Waals surface area contributed by atoms with Gasteiger partial charge in [0.25, 0.3) is 0 Å². The Morgan fingerprint density at radius 1 is 1.73 bits per heavy atom. The van der Waals surface area contributed by atoms with E-state index in [-0.39, 0.29) is 0 Å². The van der Waals surface area contributed by atoms with Crippen molar-refractivity contribution in [2.24, 2.45) is 17.6 Å². The Morgan fingerprint density at radius 2 is 2.55 bits per heavy atom. The third-order valence-electron chi connectivity index (χ3n) is 2.53. The average Bonchev–Trinajstić information content (AvgIpc) is 2.52. The van der Waals surface area contributed by atoms with Gasteiger partial charge in [-0.25, -0.2) is 0 Å². The third-order valence-corrected chi connectivity index (χ3v) is 2.53. The fraction of sp³-hybridized carbons (Fsp3) is 1.00. The number of nitrogens with one attached hydrogen (secondary N) is 2. The maximum atomic E-state index is 5.67. The highest BCUT2D eigenvalue weighted by Gasteiger charge is 2.22. The Morgan fingerprint density at radius 3 is 3.00 bits per heavy atom. The monoisotopic (exact) mass is 157 g/mol. The van der Waals surface area contributed by atoms with Crippen LogP contribution in [0.3, 0.4) is 0 Å². The predicted molar refractivity (Wildman–Crippen MR) is 47.4 cm³/mol. The maximum absolute atomic E-state index is 5.67. The van der Waals surface area contributed by atoms with Crippen LogP contribution in [-0.4, -0.2) is 33.2 Å². The first-order chi connectivity index (χ1) is 5.38. The lowest BCUT2D eigenvalue weighted by atomic mass is 9.92. The molecule has 1 fully saturated rings. The molecule has 2 atom stereocenters. The van der Waals surface area contributed by atoms with E-state index in [1.54, 1.807) is 0 Å². The predicted octanol–water partition coefficient (Wildman–Crippen LogP) is -0.610. The van der Waals surface area contributed by atoms with Gasteiger partial charge in [-0.2, -0.15) is 0 Å². The van der Waals surface area contributed by atoms with E-state index in [4.69, 9.17) is 5.73 Å². The Kier molecular flexibility index (Phi) is 3.83. The van der Waals surface area contributed by atoms with Gasteiger partial charge in [-0.3, -0.25) is 0 Å². The molecule has 0 radical (unpaired) electrons. The summed E-state index contributed by atoms with van der Waals surface area (Å²) in [6.07, 6.45) is 1.30. The molecule has 0 spiro atoms. The second-order valence-corrected chi connectivity index (χ2v) is 3.31. The van der Waals surface area contributed by atoms with E-state index in [0.717, 1.165) is 25.6 Å². The molecular weight excluding hydrogens is 138 g/mol. The van der Waals surface area contributed by atoms with E-state index in [1.165, 1.54) is 13.0 Å². The first kappa shape index (κ1) is 8.97. The number of hydrogen-bond acceptors (Lipinski definition) is 3. The van der Waals surface area contributed by atoms with Crippen molar-refractivity contribution in [3.05, 3.63) is 0 Å². The van der Waals surface area contributed by atoms with Crippen LogP contribution in [0.4, 0.5) is 0 Å². The summed E-state index contributed by atoms with van der Waals surface area (Å²) in [4.78, 5) is 0. The van der Waals surface area contributed by atoms with Crippen LogP contribution in [0.2, 0.25) is 0 Å². The highest BCUT2D eigenvalue weighted by Crippen LogP contribution is 2.17. The average molecular weight is 157 g/mol. The third kappa shape index (κ3) is 2.43. The van der Waals surface area contributed by atoms with E-state index in [9.17, 15) is 0 Å². The van der Waals surface area contributed by atoms with Crippen LogP contribution in [-0.2, 0) is 0 Å². The van der Waals surface area contributed by atoms with E-state index >= 15 is 0 Å². The van der Waals surface area contributed by atoms with Crippen LogP contribution in [0.1, 0.15) is 6.42 Å². The molecule has 3 nitrogen and oxygen atoms in total. The zero-order valence-electron chi connectivity index (χ0n) is 7.27. The van der Waals surface area contributed by atoms with Crippen molar-refractivity contribution in [3.8, 4) is 0 Å². The molecule has 66 valence electrons. The van der Waals surface area contributed by atoms with Crippen molar-refractivity contribution in [2.75, 3.05) is 33.2 Å². The van der Waals surface area contributed by atoms with Gasteiger partial charge in [-0.1, -0.05) is 0 Å². The summed E-state index contributed by atoms with van der Waals surface area (Å²) in [5.74, 6) is 1.46. The molecule has 0 amide bonds. The molecule has 0 saturated carbocycles. The number of hydrogen-bond donors (Lipinski definition) is 3. The minimum absolute atomic E-state index is 0.662. The number of rotatable bonds is 4. The topological polar surface area (TPSA) is 50.1 Å². The highest BCUT2D eigenvalue weighted by atomic mass is 14.9. The van der Waals surface area contributed by atoms with E-state index in [2.05, 4.69) is 10.6 Å². The summed E-state index contributed by atoms with van der Waals surface area (Å²) in [6.45, 7) is 4.20. The summed E-state index contributed by atoms with van der Waals surface area (Å²) >= 11 is 0. The molecule has 1 heterocycles. The molecule has 0 bridgehead atoms. The van der Waals surface area contributed by atoms with E-state index < -0.39 is 0 Å². The molecule has 1 aliphatic heterocycles. The zero-order valence-corrected chi connectivity index (χ0v) is 7.27. The van der Waals surface area contributed by atoms with Crippen LogP contribution in [0.25, 0.3) is 0 Å². The molecule has 4 N–H and O–H groups in total. The molecule has 0 aromatic carbocycles. The lowest BCUT2D eigenvalue weighted by Gasteiger charge is -2.20. The summed E-state index contributed by atoms with van der Waals surface area (Å²) in [7, 11) is 1.99. The lowest BCUT2D eigenvalue weighted by molar-refractivity contribution is 0.355. The Labute approximate surface area is 68.7 Å². The normalized spacial score (nSPS) is 27.3. The lowest BCUT2D eigenvalue weighted by Crippen LogP contribution is -2.33. The quantitative estimate of drug-likeness (QED) is 0.510. The van der Waals surface area contributed by atoms with Crippen molar-refractivity contribution in [2.45, 2.75) is 6.42 Å². The Bertz CT molecular complexity index is 99.5. The second kappa shape index (κ2) is 4.70. The molecule has 0 aromatic rings. The van der Waals surface area contributed by atoms with Crippen molar-refractivity contribution in [1.29, 1.82) is 0 Å². The first-order valence-electron chi connectivity index (χ1n) is 4.44. The van der Waals surface area contributed by atoms with Gasteiger partial charge in [-0.05, 0) is 51.5 Å². The Balaban J connectivity index is 2.27. The minimum Gasteiger partial charge on any atom is -0.330 e. The van der Waals surface area contributed by atoms with Gasteiger partial charge in [0, 0.05) is 0 Å². The van der Waals surface area contributed by atoms with Crippen molar-refractivity contribution >= 4 is 0 Å². The summed E-state index contributed by atoms with van der Waals surface area (Å²) < 4.78 is 0. The molecule has 3 heteroatoms. The first-order valence-corrected chi connectivity index (χ1v) is 4.44. The fourth-order valence-corrected chi connectivity index (χ4v) is 1.78. The zero-order chi connectivity index (χ0) is 8.10. The van der Waals surface area contributed by atoms with Gasteiger partial charge in [0.2, 0.25) is 0 Å². The molecule has 1 rings (SSSR count). The highest BCUT2D eigenvalue weighted by molar-refractivity contribution is 4.79. The second-order valence-electron chi connectivity index (χ2n) is 3.31. The smallest absolute Gasteiger partial charge is 0.000831 e. The van der Waals surface area contributed by atoms with Gasteiger partial charge < -0.3 is 16.4 Å². The van der Waals surface area contributed by atoms with Crippen LogP contribution < -0.4 is 16.4 Å². The summed E-state index contributed by atoms with van der Waals surface area (Å²) in [5.41, 5.74) is 5.67. The SMILES string of the molecule is CNCC(CN)C1CCNC1. The number of nitrogens with two attached hydrogens (primary N) is 1. The van der Waals surface area contributed by atoms with E-state index in [1.807, 2.05) is 7.05 Å². The van der Waals surface area contributed by atoms with Gasteiger partial charge >= 0.3 is 0 Å². The van der Waals surface area contributed by atoms with Gasteiger partial charge in [-0.15, -0.1) is 0 Å².